The molecular weight excluding hydrogens is 202 g/mol. The lowest BCUT2D eigenvalue weighted by Gasteiger charge is -2.25. The molecule has 0 aromatic carbocycles. The normalized spacial score (nSPS) is 16.3. The summed E-state index contributed by atoms with van der Waals surface area (Å²) in [6.45, 7) is 2.74. The molecule has 1 fully saturated rings. The summed E-state index contributed by atoms with van der Waals surface area (Å²) in [5.41, 5.74) is 1.28. The molecule has 0 saturated heterocycles. The van der Waals surface area contributed by atoms with Gasteiger partial charge in [-0.1, -0.05) is 0 Å². The van der Waals surface area contributed by atoms with E-state index in [4.69, 9.17) is 4.74 Å². The quantitative estimate of drug-likeness (QED) is 0.716. The second-order valence-electron chi connectivity index (χ2n) is 4.44. The monoisotopic (exact) mass is 223 g/mol. The molecule has 1 N–H and O–H groups in total. The van der Waals surface area contributed by atoms with Crippen molar-refractivity contribution in [2.24, 2.45) is 0 Å². The molecule has 0 radical (unpaired) electrons. The Bertz CT molecular complexity index is 307. The molecule has 1 saturated carbocycles. The second-order valence-corrected chi connectivity index (χ2v) is 4.44. The Balaban J connectivity index is 1.66. The maximum Gasteiger partial charge on any atom is 0.0534 e. The van der Waals surface area contributed by atoms with Gasteiger partial charge in [-0.15, -0.1) is 0 Å². The van der Waals surface area contributed by atoms with Gasteiger partial charge < -0.3 is 10.1 Å². The number of aromatic nitrogens is 2. The lowest BCUT2D eigenvalue weighted by molar-refractivity contribution is 0.194. The summed E-state index contributed by atoms with van der Waals surface area (Å²) in [6.07, 6.45) is 9.15. The van der Waals surface area contributed by atoms with Gasteiger partial charge in [-0.25, -0.2) is 0 Å². The van der Waals surface area contributed by atoms with Gasteiger partial charge in [0.25, 0.3) is 0 Å². The average Bonchev–Trinajstić information content (AvgIpc) is 2.64. The maximum absolute atomic E-state index is 5.00. The van der Waals surface area contributed by atoms with Crippen LogP contribution < -0.4 is 5.32 Å². The van der Waals surface area contributed by atoms with E-state index in [2.05, 4.69) is 21.3 Å². The summed E-state index contributed by atoms with van der Waals surface area (Å²) in [6, 6.07) is 0.669. The fourth-order valence-electron chi connectivity index (χ4n) is 1.89. The van der Waals surface area contributed by atoms with Crippen molar-refractivity contribution in [2.45, 2.75) is 38.3 Å². The number of hydrogen-bond acceptors (Lipinski definition) is 3. The minimum atomic E-state index is 0.669. The third-order valence-electron chi connectivity index (χ3n) is 3.13. The van der Waals surface area contributed by atoms with Crippen molar-refractivity contribution in [2.75, 3.05) is 20.3 Å². The summed E-state index contributed by atoms with van der Waals surface area (Å²) in [4.78, 5) is 0. The summed E-state index contributed by atoms with van der Waals surface area (Å²) in [5.74, 6) is 0. The van der Waals surface area contributed by atoms with Gasteiger partial charge in [0.2, 0.25) is 0 Å². The van der Waals surface area contributed by atoms with Gasteiger partial charge in [-0.05, 0) is 32.2 Å². The van der Waals surface area contributed by atoms with Crippen LogP contribution in [0.1, 0.15) is 37.3 Å². The number of rotatable bonds is 7. The zero-order chi connectivity index (χ0) is 11.2. The summed E-state index contributed by atoms with van der Waals surface area (Å²) in [5, 5.41) is 7.80. The van der Waals surface area contributed by atoms with E-state index in [0.717, 1.165) is 26.1 Å². The van der Waals surface area contributed by atoms with Crippen LogP contribution in [0.2, 0.25) is 0 Å². The first-order valence-corrected chi connectivity index (χ1v) is 6.13. The van der Waals surface area contributed by atoms with Gasteiger partial charge in [0, 0.05) is 32.0 Å². The van der Waals surface area contributed by atoms with Crippen molar-refractivity contribution in [3.8, 4) is 0 Å². The highest BCUT2D eigenvalue weighted by molar-refractivity contribution is 5.04. The molecule has 0 atom stereocenters. The average molecular weight is 223 g/mol. The molecule has 1 aromatic heterocycles. The van der Waals surface area contributed by atoms with Crippen molar-refractivity contribution in [3.05, 3.63) is 18.0 Å². The number of hydrogen-bond donors (Lipinski definition) is 1. The van der Waals surface area contributed by atoms with Gasteiger partial charge in [0.05, 0.1) is 12.2 Å². The molecule has 16 heavy (non-hydrogen) atoms. The Labute approximate surface area is 97.0 Å². The van der Waals surface area contributed by atoms with Crippen molar-refractivity contribution >= 4 is 0 Å². The molecule has 4 nitrogen and oxygen atoms in total. The van der Waals surface area contributed by atoms with E-state index in [9.17, 15) is 0 Å². The van der Waals surface area contributed by atoms with Crippen LogP contribution >= 0.6 is 0 Å². The Kier molecular flexibility index (Phi) is 4.36. The molecule has 0 spiro atoms. The predicted octanol–water partition coefficient (Wildman–Crippen LogP) is 1.73. The maximum atomic E-state index is 5.00. The third kappa shape index (κ3) is 3.06. The van der Waals surface area contributed by atoms with Crippen LogP contribution in [-0.2, 0) is 11.3 Å². The van der Waals surface area contributed by atoms with Crippen molar-refractivity contribution in [1.29, 1.82) is 0 Å². The van der Waals surface area contributed by atoms with Gasteiger partial charge in [-0.2, -0.15) is 5.10 Å². The van der Waals surface area contributed by atoms with Crippen LogP contribution in [0.15, 0.2) is 12.4 Å². The first-order chi connectivity index (χ1) is 7.90. The highest BCUT2D eigenvalue weighted by Crippen LogP contribution is 2.30. The molecule has 90 valence electrons. The van der Waals surface area contributed by atoms with Crippen molar-refractivity contribution in [3.63, 3.8) is 0 Å². The summed E-state index contributed by atoms with van der Waals surface area (Å²) in [7, 11) is 1.74. The van der Waals surface area contributed by atoms with Crippen LogP contribution in [0, 0.1) is 0 Å². The minimum absolute atomic E-state index is 0.669. The van der Waals surface area contributed by atoms with E-state index in [0.29, 0.717) is 6.04 Å². The van der Waals surface area contributed by atoms with E-state index in [1.807, 2.05) is 6.20 Å². The molecule has 2 rings (SSSR count). The van der Waals surface area contributed by atoms with Crippen LogP contribution in [0.5, 0.6) is 0 Å². The fraction of sp³-hybridized carbons (Fsp3) is 0.750. The van der Waals surface area contributed by atoms with Gasteiger partial charge in [-0.3, -0.25) is 4.68 Å². The van der Waals surface area contributed by atoms with E-state index >= 15 is 0 Å². The van der Waals surface area contributed by atoms with Crippen LogP contribution in [0.25, 0.3) is 0 Å². The predicted molar refractivity (Wildman–Crippen MR) is 63.3 cm³/mol. The highest BCUT2D eigenvalue weighted by atomic mass is 16.5. The number of nitrogens with one attached hydrogen (secondary N) is 1. The van der Waals surface area contributed by atoms with Crippen LogP contribution in [0.3, 0.4) is 0 Å². The second kappa shape index (κ2) is 6.01. The topological polar surface area (TPSA) is 39.1 Å². The Hall–Kier alpha value is -0.870. The smallest absolute Gasteiger partial charge is 0.0534 e. The number of ether oxygens (including phenoxy) is 1. The highest BCUT2D eigenvalue weighted by Gasteiger charge is 2.19. The van der Waals surface area contributed by atoms with E-state index in [-0.39, 0.29) is 0 Å². The van der Waals surface area contributed by atoms with Gasteiger partial charge in [0.1, 0.15) is 0 Å². The molecule has 1 heterocycles. The lowest BCUT2D eigenvalue weighted by atomic mass is 9.93. The lowest BCUT2D eigenvalue weighted by Crippen LogP contribution is -2.17. The summed E-state index contributed by atoms with van der Waals surface area (Å²) >= 11 is 0. The van der Waals surface area contributed by atoms with Crippen molar-refractivity contribution in [1.82, 2.24) is 15.1 Å². The molecule has 4 heteroatoms. The molecule has 0 amide bonds. The first kappa shape index (κ1) is 11.6. The Morgan fingerprint density at radius 3 is 3.12 bits per heavy atom. The zero-order valence-electron chi connectivity index (χ0n) is 9.98. The van der Waals surface area contributed by atoms with Gasteiger partial charge >= 0.3 is 0 Å². The first-order valence-electron chi connectivity index (χ1n) is 6.13. The van der Waals surface area contributed by atoms with Gasteiger partial charge in [0.15, 0.2) is 0 Å². The van der Waals surface area contributed by atoms with E-state index in [1.54, 1.807) is 7.11 Å². The molecule has 0 bridgehead atoms. The minimum Gasteiger partial charge on any atom is -0.385 e. The molecule has 1 aliphatic carbocycles. The molecule has 1 aliphatic rings. The van der Waals surface area contributed by atoms with Crippen LogP contribution in [-0.4, -0.2) is 30.0 Å². The SMILES string of the molecule is COCCCNCc1cnn(C2CCC2)c1. The van der Waals surface area contributed by atoms with E-state index in [1.165, 1.54) is 24.8 Å². The number of methoxy groups -OCH3 is 1. The van der Waals surface area contributed by atoms with E-state index < -0.39 is 0 Å². The van der Waals surface area contributed by atoms with Crippen molar-refractivity contribution < 1.29 is 4.74 Å². The molecule has 0 aliphatic heterocycles. The molecule has 0 unspecified atom stereocenters. The fourth-order valence-corrected chi connectivity index (χ4v) is 1.89. The Morgan fingerprint density at radius 1 is 1.56 bits per heavy atom. The largest absolute Gasteiger partial charge is 0.385 e. The van der Waals surface area contributed by atoms with Crippen LogP contribution in [0.4, 0.5) is 0 Å². The summed E-state index contributed by atoms with van der Waals surface area (Å²) < 4.78 is 7.12. The molecule has 1 aromatic rings. The number of nitrogens with zero attached hydrogens (tertiary/aromatic N) is 2. The Morgan fingerprint density at radius 2 is 2.44 bits per heavy atom. The third-order valence-corrected chi connectivity index (χ3v) is 3.13. The zero-order valence-corrected chi connectivity index (χ0v) is 9.98. The molecular formula is C12H21N3O. The standard InChI is InChI=1S/C12H21N3O/c1-16-7-3-6-13-8-11-9-14-15(10-11)12-4-2-5-12/h9-10,12-13H,2-8H2,1H3.